The Kier molecular flexibility index (Phi) is 6.03. The van der Waals surface area contributed by atoms with Gasteiger partial charge in [0.15, 0.2) is 5.13 Å². The Hall–Kier alpha value is -1.51. The molecule has 2 saturated heterocycles. The number of likely N-dealkylation sites (tertiary alicyclic amines) is 1. The van der Waals surface area contributed by atoms with Crippen molar-refractivity contribution in [2.75, 3.05) is 51.1 Å². The maximum Gasteiger partial charge on any atom is 0.240 e. The maximum atomic E-state index is 12.7. The van der Waals surface area contributed by atoms with Gasteiger partial charge in [-0.3, -0.25) is 14.5 Å². The molecular weight excluding hydrogens is 338 g/mol. The average molecular weight is 366 g/mol. The molecule has 0 spiro atoms. The number of piperidine rings is 1. The van der Waals surface area contributed by atoms with E-state index in [-0.39, 0.29) is 17.7 Å². The quantitative estimate of drug-likeness (QED) is 0.827. The third kappa shape index (κ3) is 4.77. The van der Waals surface area contributed by atoms with Crippen LogP contribution in [0.4, 0.5) is 5.13 Å². The van der Waals surface area contributed by atoms with E-state index < -0.39 is 0 Å². The summed E-state index contributed by atoms with van der Waals surface area (Å²) in [5, 5.41) is 6.81. The van der Waals surface area contributed by atoms with E-state index in [9.17, 15) is 9.59 Å². The van der Waals surface area contributed by atoms with E-state index >= 15 is 0 Å². The van der Waals surface area contributed by atoms with Gasteiger partial charge < -0.3 is 15.5 Å². The number of aryl methyl sites for hydroxylation is 2. The second-order valence-electron chi connectivity index (χ2n) is 6.86. The van der Waals surface area contributed by atoms with E-state index in [1.54, 1.807) is 0 Å². The van der Waals surface area contributed by atoms with E-state index in [4.69, 9.17) is 0 Å². The molecule has 2 N–H and O–H groups in total. The summed E-state index contributed by atoms with van der Waals surface area (Å²) in [5.41, 5.74) is 0.958. The van der Waals surface area contributed by atoms with Gasteiger partial charge >= 0.3 is 0 Å². The van der Waals surface area contributed by atoms with Crippen molar-refractivity contribution in [3.8, 4) is 0 Å². The number of rotatable bonds is 4. The van der Waals surface area contributed by atoms with Crippen LogP contribution in [-0.2, 0) is 9.59 Å². The molecule has 3 heterocycles. The maximum absolute atomic E-state index is 12.7. The molecule has 0 saturated carbocycles. The minimum atomic E-state index is -0.0518. The van der Waals surface area contributed by atoms with Gasteiger partial charge in [0.1, 0.15) is 0 Å². The monoisotopic (exact) mass is 365 g/mol. The Bertz CT molecular complexity index is 607. The van der Waals surface area contributed by atoms with Gasteiger partial charge in [0, 0.05) is 37.6 Å². The first-order valence-electron chi connectivity index (χ1n) is 8.98. The highest BCUT2D eigenvalue weighted by Gasteiger charge is 2.30. The van der Waals surface area contributed by atoms with Crippen LogP contribution in [0, 0.1) is 19.8 Å². The smallest absolute Gasteiger partial charge is 0.240 e. The molecule has 25 heavy (non-hydrogen) atoms. The normalized spacial score (nSPS) is 22.0. The molecule has 2 amide bonds. The van der Waals surface area contributed by atoms with Crippen LogP contribution in [0.3, 0.4) is 0 Å². The molecule has 1 aromatic heterocycles. The van der Waals surface area contributed by atoms with Crippen LogP contribution in [0.1, 0.15) is 23.4 Å². The van der Waals surface area contributed by atoms with Crippen LogP contribution < -0.4 is 10.6 Å². The Morgan fingerprint density at radius 3 is 2.72 bits per heavy atom. The number of nitrogens with zero attached hydrogens (tertiary/aromatic N) is 3. The number of hydrogen-bond donors (Lipinski definition) is 2. The zero-order valence-electron chi connectivity index (χ0n) is 15.0. The van der Waals surface area contributed by atoms with Crippen molar-refractivity contribution < 1.29 is 9.59 Å². The fourth-order valence-corrected chi connectivity index (χ4v) is 4.26. The van der Waals surface area contributed by atoms with Crippen LogP contribution in [0.5, 0.6) is 0 Å². The lowest BCUT2D eigenvalue weighted by Gasteiger charge is -2.36. The molecule has 2 aliphatic heterocycles. The summed E-state index contributed by atoms with van der Waals surface area (Å²) >= 11 is 1.50. The lowest BCUT2D eigenvalue weighted by Crippen LogP contribution is -2.51. The summed E-state index contributed by atoms with van der Waals surface area (Å²) in [7, 11) is 0. The van der Waals surface area contributed by atoms with Crippen LogP contribution in [0.2, 0.25) is 0 Å². The molecule has 8 heteroatoms. The predicted octanol–water partition coefficient (Wildman–Crippen LogP) is 0.842. The molecule has 0 aliphatic carbocycles. The van der Waals surface area contributed by atoms with Crippen LogP contribution in [0.15, 0.2) is 0 Å². The minimum Gasteiger partial charge on any atom is -0.340 e. The molecule has 2 aliphatic rings. The Balaban J connectivity index is 1.50. The van der Waals surface area contributed by atoms with Gasteiger partial charge in [0.2, 0.25) is 11.8 Å². The average Bonchev–Trinajstić information content (AvgIpc) is 2.92. The number of anilines is 1. The first-order chi connectivity index (χ1) is 12.0. The highest BCUT2D eigenvalue weighted by molar-refractivity contribution is 7.15. The summed E-state index contributed by atoms with van der Waals surface area (Å²) in [4.78, 5) is 34.5. The molecule has 0 radical (unpaired) electrons. The molecule has 7 nitrogen and oxygen atoms in total. The largest absolute Gasteiger partial charge is 0.340 e. The van der Waals surface area contributed by atoms with Crippen molar-refractivity contribution in [3.05, 3.63) is 10.6 Å². The molecule has 1 aromatic rings. The molecule has 0 aromatic carbocycles. The van der Waals surface area contributed by atoms with Gasteiger partial charge in [-0.1, -0.05) is 0 Å². The van der Waals surface area contributed by atoms with Gasteiger partial charge in [-0.2, -0.15) is 0 Å². The fourth-order valence-electron chi connectivity index (χ4n) is 3.43. The number of carbonyl (C=O) groups excluding carboxylic acids is 2. The van der Waals surface area contributed by atoms with Gasteiger partial charge in [0.25, 0.3) is 0 Å². The lowest BCUT2D eigenvalue weighted by molar-refractivity contribution is -0.138. The first kappa shape index (κ1) is 18.3. The van der Waals surface area contributed by atoms with Gasteiger partial charge in [-0.15, -0.1) is 11.3 Å². The van der Waals surface area contributed by atoms with E-state index in [1.807, 2.05) is 18.7 Å². The molecular formula is C17H27N5O2S. The molecule has 0 bridgehead atoms. The Morgan fingerprint density at radius 1 is 1.28 bits per heavy atom. The highest BCUT2D eigenvalue weighted by Crippen LogP contribution is 2.22. The fraction of sp³-hybridized carbons (Fsp3) is 0.706. The number of nitrogens with one attached hydrogen (secondary N) is 2. The van der Waals surface area contributed by atoms with Crippen molar-refractivity contribution >= 4 is 28.3 Å². The lowest BCUT2D eigenvalue weighted by atomic mass is 9.96. The molecule has 3 rings (SSSR count). The van der Waals surface area contributed by atoms with Crippen LogP contribution in [0.25, 0.3) is 0 Å². The molecule has 2 fully saturated rings. The van der Waals surface area contributed by atoms with Gasteiger partial charge in [-0.25, -0.2) is 4.98 Å². The second-order valence-corrected chi connectivity index (χ2v) is 8.06. The third-order valence-electron chi connectivity index (χ3n) is 4.93. The predicted molar refractivity (Wildman–Crippen MR) is 98.8 cm³/mol. The Morgan fingerprint density at radius 2 is 2.04 bits per heavy atom. The van der Waals surface area contributed by atoms with E-state index in [1.165, 1.54) is 11.3 Å². The van der Waals surface area contributed by atoms with E-state index in [0.717, 1.165) is 56.1 Å². The summed E-state index contributed by atoms with van der Waals surface area (Å²) in [6.07, 6.45) is 1.89. The summed E-state index contributed by atoms with van der Waals surface area (Å²) < 4.78 is 0. The topological polar surface area (TPSA) is 77.6 Å². The Labute approximate surface area is 152 Å². The van der Waals surface area contributed by atoms with Crippen molar-refractivity contribution in [1.82, 2.24) is 20.1 Å². The third-order valence-corrected chi connectivity index (χ3v) is 5.91. The second kappa shape index (κ2) is 8.25. The number of thiazole rings is 1. The van der Waals surface area contributed by atoms with Crippen LogP contribution >= 0.6 is 11.3 Å². The SMILES string of the molecule is Cc1nc(NC(=O)CN2CCCC(C(=O)N3CCNCC3)C2)sc1C. The zero-order valence-corrected chi connectivity index (χ0v) is 15.8. The number of carbonyl (C=O) groups is 2. The first-order valence-corrected chi connectivity index (χ1v) is 9.80. The van der Waals surface area contributed by atoms with Gasteiger partial charge in [-0.05, 0) is 33.2 Å². The highest BCUT2D eigenvalue weighted by atomic mass is 32.1. The summed E-state index contributed by atoms with van der Waals surface area (Å²) in [6, 6.07) is 0. The van der Waals surface area contributed by atoms with E-state index in [0.29, 0.717) is 18.2 Å². The standard InChI is InChI=1S/C17H27N5O2S/c1-12-13(2)25-17(19-12)20-15(23)11-21-7-3-4-14(10-21)16(24)22-8-5-18-6-9-22/h14,18H,3-11H2,1-2H3,(H,19,20,23). The van der Waals surface area contributed by atoms with Crippen molar-refractivity contribution in [1.29, 1.82) is 0 Å². The number of piperazine rings is 1. The molecule has 138 valence electrons. The van der Waals surface area contributed by atoms with Crippen molar-refractivity contribution in [3.63, 3.8) is 0 Å². The summed E-state index contributed by atoms with van der Waals surface area (Å²) in [6.45, 7) is 9.13. The van der Waals surface area contributed by atoms with Crippen molar-refractivity contribution in [2.45, 2.75) is 26.7 Å². The minimum absolute atomic E-state index is 0.0176. The molecule has 1 atom stereocenters. The van der Waals surface area contributed by atoms with Gasteiger partial charge in [0.05, 0.1) is 18.2 Å². The van der Waals surface area contributed by atoms with Crippen molar-refractivity contribution in [2.24, 2.45) is 5.92 Å². The molecule has 1 unspecified atom stereocenters. The van der Waals surface area contributed by atoms with E-state index in [2.05, 4.69) is 20.5 Å². The number of aromatic nitrogens is 1. The number of hydrogen-bond acceptors (Lipinski definition) is 6. The number of amides is 2. The summed E-state index contributed by atoms with van der Waals surface area (Å²) in [5.74, 6) is 0.214. The van der Waals surface area contributed by atoms with Crippen LogP contribution in [-0.4, -0.2) is 72.4 Å². The zero-order chi connectivity index (χ0) is 17.8.